The van der Waals surface area contributed by atoms with Crippen molar-refractivity contribution in [3.8, 4) is 11.5 Å². The number of nitro benzene ring substituents is 1. The highest BCUT2D eigenvalue weighted by Gasteiger charge is 2.22. The van der Waals surface area contributed by atoms with Crippen LogP contribution in [0.1, 0.15) is 16.2 Å². The van der Waals surface area contributed by atoms with Crippen LogP contribution in [0.15, 0.2) is 51.8 Å². The topological polar surface area (TPSA) is 146 Å². The highest BCUT2D eigenvalue weighted by Crippen LogP contribution is 2.22. The minimum atomic E-state index is -3.88. The first-order valence-electron chi connectivity index (χ1n) is 8.56. The molecule has 0 aliphatic carbocycles. The second-order valence-electron chi connectivity index (χ2n) is 6.31. The molecular weight excluding hydrogens is 435 g/mol. The Morgan fingerprint density at radius 1 is 1.19 bits per heavy atom. The van der Waals surface area contributed by atoms with E-state index in [9.17, 15) is 27.7 Å². The smallest absolute Gasteiger partial charge is 0.341 e. The Morgan fingerprint density at radius 2 is 1.87 bits per heavy atom. The summed E-state index contributed by atoms with van der Waals surface area (Å²) in [5.41, 5.74) is -0.278. The maximum atomic E-state index is 14.0. The van der Waals surface area contributed by atoms with Gasteiger partial charge in [-0.2, -0.15) is 0 Å². The quantitative estimate of drug-likeness (QED) is 0.301. The molecule has 0 spiro atoms. The van der Waals surface area contributed by atoms with Crippen molar-refractivity contribution in [1.29, 1.82) is 0 Å². The van der Waals surface area contributed by atoms with E-state index < -0.39 is 38.9 Å². The van der Waals surface area contributed by atoms with Crippen LogP contribution in [0.4, 0.5) is 10.1 Å². The fourth-order valence-electron chi connectivity index (χ4n) is 2.39. The SMILES string of the molecule is CN(C)S(=O)(=O)c1ccc(F)c(C(=O)OCc2nnc(-c3ccc([N+](=O)[O-])cc3)o2)c1. The van der Waals surface area contributed by atoms with Crippen molar-refractivity contribution in [2.45, 2.75) is 11.5 Å². The monoisotopic (exact) mass is 450 g/mol. The van der Waals surface area contributed by atoms with Crippen LogP contribution in [0.5, 0.6) is 0 Å². The van der Waals surface area contributed by atoms with E-state index in [4.69, 9.17) is 9.15 Å². The normalized spacial score (nSPS) is 11.5. The Morgan fingerprint density at radius 3 is 2.48 bits per heavy atom. The van der Waals surface area contributed by atoms with Gasteiger partial charge in [0, 0.05) is 31.8 Å². The number of esters is 1. The minimum absolute atomic E-state index is 0.0335. The molecule has 0 saturated heterocycles. The average molecular weight is 450 g/mol. The largest absolute Gasteiger partial charge is 0.452 e. The number of halogens is 1. The third-order valence-corrected chi connectivity index (χ3v) is 5.87. The van der Waals surface area contributed by atoms with Crippen molar-refractivity contribution in [3.63, 3.8) is 0 Å². The van der Waals surface area contributed by atoms with Crippen LogP contribution in [0, 0.1) is 15.9 Å². The van der Waals surface area contributed by atoms with Gasteiger partial charge in [0.15, 0.2) is 6.61 Å². The highest BCUT2D eigenvalue weighted by atomic mass is 32.2. The molecule has 0 aliphatic rings. The molecule has 0 amide bonds. The molecule has 13 heteroatoms. The summed E-state index contributed by atoms with van der Waals surface area (Å²) < 4.78 is 49.6. The van der Waals surface area contributed by atoms with Crippen LogP contribution >= 0.6 is 0 Å². The predicted molar refractivity (Wildman–Crippen MR) is 103 cm³/mol. The molecule has 0 fully saturated rings. The number of non-ortho nitro benzene ring substituents is 1. The predicted octanol–water partition coefficient (Wildman–Crippen LogP) is 2.39. The van der Waals surface area contributed by atoms with Gasteiger partial charge in [0.25, 0.3) is 11.6 Å². The summed E-state index contributed by atoms with van der Waals surface area (Å²) in [6.07, 6.45) is 0. The highest BCUT2D eigenvalue weighted by molar-refractivity contribution is 7.89. The third kappa shape index (κ3) is 4.73. The van der Waals surface area contributed by atoms with Gasteiger partial charge in [-0.1, -0.05) is 0 Å². The van der Waals surface area contributed by atoms with Crippen molar-refractivity contribution in [2.75, 3.05) is 14.1 Å². The number of nitro groups is 1. The third-order valence-electron chi connectivity index (χ3n) is 4.05. The van der Waals surface area contributed by atoms with Gasteiger partial charge in [0.1, 0.15) is 5.82 Å². The number of hydrogen-bond donors (Lipinski definition) is 0. The zero-order valence-electron chi connectivity index (χ0n) is 16.2. The first-order chi connectivity index (χ1) is 14.6. The Hall–Kier alpha value is -3.71. The van der Waals surface area contributed by atoms with Crippen LogP contribution in [0.2, 0.25) is 0 Å². The lowest BCUT2D eigenvalue weighted by molar-refractivity contribution is -0.384. The van der Waals surface area contributed by atoms with Gasteiger partial charge in [0.05, 0.1) is 15.4 Å². The van der Waals surface area contributed by atoms with E-state index in [0.29, 0.717) is 5.56 Å². The van der Waals surface area contributed by atoms with Crippen molar-refractivity contribution in [3.05, 3.63) is 69.9 Å². The molecule has 0 radical (unpaired) electrons. The molecule has 1 heterocycles. The molecular formula is C18H15FN4O7S. The summed E-state index contributed by atoms with van der Waals surface area (Å²) >= 11 is 0. The lowest BCUT2D eigenvalue weighted by Gasteiger charge is -2.12. The van der Waals surface area contributed by atoms with Gasteiger partial charge in [-0.25, -0.2) is 21.9 Å². The summed E-state index contributed by atoms with van der Waals surface area (Å²) in [6.45, 7) is -0.497. The molecule has 0 bridgehead atoms. The summed E-state index contributed by atoms with van der Waals surface area (Å²) in [4.78, 5) is 22.1. The zero-order chi connectivity index (χ0) is 22.8. The number of aromatic nitrogens is 2. The van der Waals surface area contributed by atoms with E-state index in [1.807, 2.05) is 0 Å². The number of sulfonamides is 1. The Labute approximate surface area is 175 Å². The summed E-state index contributed by atoms with van der Waals surface area (Å²) in [6, 6.07) is 8.11. The first kappa shape index (κ1) is 22.0. The Bertz CT molecular complexity index is 1240. The van der Waals surface area contributed by atoms with E-state index >= 15 is 0 Å². The van der Waals surface area contributed by atoms with Crippen molar-refractivity contribution in [1.82, 2.24) is 14.5 Å². The van der Waals surface area contributed by atoms with Crippen molar-refractivity contribution >= 4 is 21.7 Å². The fraction of sp³-hybridized carbons (Fsp3) is 0.167. The molecule has 0 atom stereocenters. The Balaban J connectivity index is 1.72. The molecule has 3 rings (SSSR count). The summed E-state index contributed by atoms with van der Waals surface area (Å²) in [7, 11) is -1.28. The first-order valence-corrected chi connectivity index (χ1v) is 10.00. The number of nitrogens with zero attached hydrogens (tertiary/aromatic N) is 4. The number of carbonyl (C=O) groups is 1. The second kappa shape index (κ2) is 8.57. The minimum Gasteiger partial charge on any atom is -0.452 e. The van der Waals surface area contributed by atoms with E-state index in [-0.39, 0.29) is 22.4 Å². The summed E-state index contributed by atoms with van der Waals surface area (Å²) in [5.74, 6) is -2.16. The summed E-state index contributed by atoms with van der Waals surface area (Å²) in [5, 5.41) is 18.1. The molecule has 0 aliphatic heterocycles. The zero-order valence-corrected chi connectivity index (χ0v) is 17.0. The standard InChI is InChI=1S/C18H15FN4O7S/c1-22(2)31(27,28)13-7-8-15(19)14(9-13)18(24)29-10-16-20-21-17(30-16)11-3-5-12(6-4-11)23(25)26/h3-9H,10H2,1-2H3. The van der Waals surface area contributed by atoms with Crippen molar-refractivity contribution in [2.24, 2.45) is 0 Å². The van der Waals surface area contributed by atoms with Gasteiger partial charge in [0.2, 0.25) is 15.9 Å². The van der Waals surface area contributed by atoms with E-state index in [1.165, 1.54) is 38.4 Å². The number of hydrogen-bond acceptors (Lipinski definition) is 9. The number of ether oxygens (including phenoxy) is 1. The van der Waals surface area contributed by atoms with E-state index in [0.717, 1.165) is 22.5 Å². The Kier molecular flexibility index (Phi) is 6.08. The molecule has 1 aromatic heterocycles. The fourth-order valence-corrected chi connectivity index (χ4v) is 3.32. The van der Waals surface area contributed by atoms with Crippen LogP contribution < -0.4 is 0 Å². The van der Waals surface area contributed by atoms with Crippen LogP contribution in [-0.4, -0.2) is 47.9 Å². The van der Waals surface area contributed by atoms with E-state index in [2.05, 4.69) is 10.2 Å². The lowest BCUT2D eigenvalue weighted by atomic mass is 10.2. The maximum absolute atomic E-state index is 14.0. The van der Waals surface area contributed by atoms with Crippen LogP contribution in [-0.2, 0) is 21.4 Å². The van der Waals surface area contributed by atoms with Gasteiger partial charge >= 0.3 is 5.97 Å². The van der Waals surface area contributed by atoms with Crippen LogP contribution in [0.25, 0.3) is 11.5 Å². The number of benzene rings is 2. The molecule has 0 saturated carbocycles. The van der Waals surface area contributed by atoms with Crippen molar-refractivity contribution < 1.29 is 31.7 Å². The molecule has 2 aromatic carbocycles. The maximum Gasteiger partial charge on any atom is 0.341 e. The molecule has 11 nitrogen and oxygen atoms in total. The number of rotatable bonds is 7. The molecule has 0 N–H and O–H groups in total. The van der Waals surface area contributed by atoms with Gasteiger partial charge in [-0.05, 0) is 30.3 Å². The van der Waals surface area contributed by atoms with Crippen LogP contribution in [0.3, 0.4) is 0 Å². The van der Waals surface area contributed by atoms with Gasteiger partial charge in [-0.15, -0.1) is 10.2 Å². The second-order valence-corrected chi connectivity index (χ2v) is 8.46. The molecule has 162 valence electrons. The lowest BCUT2D eigenvalue weighted by Crippen LogP contribution is -2.22. The molecule has 31 heavy (non-hydrogen) atoms. The number of carbonyl (C=O) groups excluding carboxylic acids is 1. The van der Waals surface area contributed by atoms with Gasteiger partial charge < -0.3 is 9.15 Å². The molecule has 3 aromatic rings. The van der Waals surface area contributed by atoms with E-state index in [1.54, 1.807) is 0 Å². The average Bonchev–Trinajstić information content (AvgIpc) is 3.21. The molecule has 0 unspecified atom stereocenters. The van der Waals surface area contributed by atoms with Gasteiger partial charge in [-0.3, -0.25) is 10.1 Å².